The summed E-state index contributed by atoms with van der Waals surface area (Å²) in [5.41, 5.74) is 1.03. The second kappa shape index (κ2) is 5.10. The van der Waals surface area contributed by atoms with Gasteiger partial charge in [-0.2, -0.15) is 0 Å². The largest absolute Gasteiger partial charge is 0.327 e. The van der Waals surface area contributed by atoms with Crippen molar-refractivity contribution in [1.82, 2.24) is 14.5 Å². The molecule has 92 valence electrons. The smallest absolute Gasteiger partial charge is 0.290 e. The summed E-state index contributed by atoms with van der Waals surface area (Å²) in [6.45, 7) is 2.79. The van der Waals surface area contributed by atoms with Crippen LogP contribution in [0.15, 0.2) is 10.9 Å². The summed E-state index contributed by atoms with van der Waals surface area (Å²) >= 11 is 11.7. The Bertz CT molecular complexity index is 588. The number of fused-ring (bicyclic) bond motifs is 1. The fraction of sp³-hybridized carbons (Fsp3) is 0.455. The van der Waals surface area contributed by atoms with Crippen molar-refractivity contribution in [2.45, 2.75) is 32.7 Å². The third kappa shape index (κ3) is 2.48. The highest BCUT2D eigenvalue weighted by Crippen LogP contribution is 2.23. The number of hydrogen-bond donors (Lipinski definition) is 1. The Hall–Kier alpha value is -1.000. The molecule has 0 fully saturated rings. The molecule has 0 saturated carbocycles. The van der Waals surface area contributed by atoms with Crippen LogP contribution >= 0.6 is 23.2 Å². The number of aromatic nitrogens is 3. The van der Waals surface area contributed by atoms with E-state index in [0.29, 0.717) is 22.7 Å². The summed E-state index contributed by atoms with van der Waals surface area (Å²) in [5.74, 6) is 0. The van der Waals surface area contributed by atoms with Gasteiger partial charge in [0, 0.05) is 6.54 Å². The van der Waals surface area contributed by atoms with Crippen molar-refractivity contribution in [3.8, 4) is 0 Å². The van der Waals surface area contributed by atoms with Crippen LogP contribution in [0.2, 0.25) is 10.2 Å². The van der Waals surface area contributed by atoms with Gasteiger partial charge >= 0.3 is 5.69 Å². The average molecular weight is 274 g/mol. The molecule has 17 heavy (non-hydrogen) atoms. The van der Waals surface area contributed by atoms with E-state index in [1.807, 2.05) is 0 Å². The normalized spacial score (nSPS) is 11.2. The number of halogens is 2. The van der Waals surface area contributed by atoms with E-state index in [1.165, 1.54) is 0 Å². The molecule has 0 aliphatic carbocycles. The molecule has 1 N–H and O–H groups in total. The number of imidazole rings is 1. The Kier molecular flexibility index (Phi) is 3.74. The van der Waals surface area contributed by atoms with E-state index in [-0.39, 0.29) is 10.8 Å². The van der Waals surface area contributed by atoms with Crippen molar-refractivity contribution in [3.05, 3.63) is 26.7 Å². The Morgan fingerprint density at radius 1 is 1.41 bits per heavy atom. The quantitative estimate of drug-likeness (QED) is 0.687. The molecule has 0 amide bonds. The number of nitrogens with zero attached hydrogens (tertiary/aromatic N) is 2. The highest BCUT2D eigenvalue weighted by atomic mass is 35.5. The lowest BCUT2D eigenvalue weighted by Crippen LogP contribution is -2.16. The Morgan fingerprint density at radius 3 is 2.88 bits per heavy atom. The van der Waals surface area contributed by atoms with Crippen LogP contribution in [0, 0.1) is 0 Å². The number of hydrogen-bond acceptors (Lipinski definition) is 2. The van der Waals surface area contributed by atoms with Crippen LogP contribution in [0.1, 0.15) is 26.2 Å². The highest BCUT2D eigenvalue weighted by molar-refractivity contribution is 6.41. The van der Waals surface area contributed by atoms with Crippen LogP contribution in [0.5, 0.6) is 0 Å². The second-order valence-corrected chi connectivity index (χ2v) is 4.68. The van der Waals surface area contributed by atoms with E-state index >= 15 is 0 Å². The van der Waals surface area contributed by atoms with E-state index in [4.69, 9.17) is 23.2 Å². The molecule has 0 aromatic carbocycles. The van der Waals surface area contributed by atoms with Crippen LogP contribution in [0.3, 0.4) is 0 Å². The van der Waals surface area contributed by atoms with E-state index in [2.05, 4.69) is 16.9 Å². The van der Waals surface area contributed by atoms with Gasteiger partial charge in [0.05, 0.1) is 10.5 Å². The van der Waals surface area contributed by atoms with Crippen molar-refractivity contribution in [1.29, 1.82) is 0 Å². The monoisotopic (exact) mass is 273 g/mol. The third-order valence-electron chi connectivity index (χ3n) is 2.66. The molecule has 0 saturated heterocycles. The van der Waals surface area contributed by atoms with E-state index < -0.39 is 0 Å². The summed E-state index contributed by atoms with van der Waals surface area (Å²) in [4.78, 5) is 18.5. The molecule has 0 radical (unpaired) electrons. The van der Waals surface area contributed by atoms with Crippen LogP contribution in [0.25, 0.3) is 11.2 Å². The van der Waals surface area contributed by atoms with Crippen LogP contribution in [-0.4, -0.2) is 14.5 Å². The Morgan fingerprint density at radius 2 is 2.18 bits per heavy atom. The van der Waals surface area contributed by atoms with Gasteiger partial charge in [-0.1, -0.05) is 43.0 Å². The molecule has 0 spiro atoms. The van der Waals surface area contributed by atoms with Crippen molar-refractivity contribution < 1.29 is 0 Å². The minimum Gasteiger partial charge on any atom is -0.290 e. The van der Waals surface area contributed by atoms with Gasteiger partial charge in [0.1, 0.15) is 5.15 Å². The molecule has 2 aromatic heterocycles. The zero-order chi connectivity index (χ0) is 12.4. The second-order valence-electron chi connectivity index (χ2n) is 3.92. The van der Waals surface area contributed by atoms with Crippen molar-refractivity contribution in [2.75, 3.05) is 0 Å². The van der Waals surface area contributed by atoms with Crippen molar-refractivity contribution >= 4 is 34.4 Å². The minimum atomic E-state index is -0.165. The van der Waals surface area contributed by atoms with Gasteiger partial charge in [-0.15, -0.1) is 0 Å². The first-order valence-corrected chi connectivity index (χ1v) is 6.33. The molecule has 4 nitrogen and oxygen atoms in total. The molecule has 6 heteroatoms. The maximum Gasteiger partial charge on any atom is 0.327 e. The average Bonchev–Trinajstić information content (AvgIpc) is 2.57. The van der Waals surface area contributed by atoms with Crippen molar-refractivity contribution in [2.24, 2.45) is 0 Å². The molecule has 0 aliphatic rings. The molecule has 0 unspecified atom stereocenters. The highest BCUT2D eigenvalue weighted by Gasteiger charge is 2.10. The molecule has 2 aromatic rings. The van der Waals surface area contributed by atoms with Gasteiger partial charge in [0.25, 0.3) is 0 Å². The number of aryl methyl sites for hydroxylation is 1. The number of nitrogens with one attached hydrogen (secondary N) is 1. The van der Waals surface area contributed by atoms with Gasteiger partial charge < -0.3 is 0 Å². The molecule has 0 aliphatic heterocycles. The summed E-state index contributed by atoms with van der Waals surface area (Å²) in [5, 5.41) is 0.573. The number of pyridine rings is 1. The van der Waals surface area contributed by atoms with Crippen LogP contribution < -0.4 is 5.69 Å². The van der Waals surface area contributed by atoms with Gasteiger partial charge in [0.15, 0.2) is 5.65 Å². The van der Waals surface area contributed by atoms with Crippen molar-refractivity contribution in [3.63, 3.8) is 0 Å². The fourth-order valence-electron chi connectivity index (χ4n) is 1.77. The third-order valence-corrected chi connectivity index (χ3v) is 3.33. The molecule has 2 heterocycles. The predicted molar refractivity (Wildman–Crippen MR) is 69.9 cm³/mol. The maximum atomic E-state index is 11.7. The topological polar surface area (TPSA) is 50.7 Å². The predicted octanol–water partition coefficient (Wildman–Crippen LogP) is 3.22. The number of rotatable bonds is 4. The lowest BCUT2D eigenvalue weighted by molar-refractivity contribution is 0.601. The number of unbranched alkanes of at least 4 members (excludes halogenated alkanes) is 2. The lowest BCUT2D eigenvalue weighted by atomic mass is 10.2. The van der Waals surface area contributed by atoms with Gasteiger partial charge in [-0.3, -0.25) is 9.55 Å². The fourth-order valence-corrected chi connectivity index (χ4v) is 2.06. The Labute approximate surface area is 109 Å². The first-order valence-electron chi connectivity index (χ1n) is 5.58. The van der Waals surface area contributed by atoms with Gasteiger partial charge in [-0.25, -0.2) is 9.78 Å². The van der Waals surface area contributed by atoms with E-state index in [0.717, 1.165) is 19.3 Å². The molecule has 0 bridgehead atoms. The molecular formula is C11H13Cl2N3O. The van der Waals surface area contributed by atoms with E-state index in [9.17, 15) is 4.79 Å². The summed E-state index contributed by atoms with van der Waals surface area (Å²) in [6.07, 6.45) is 3.17. The first kappa shape index (κ1) is 12.5. The first-order chi connectivity index (χ1) is 8.13. The van der Waals surface area contributed by atoms with Crippen LogP contribution in [-0.2, 0) is 6.54 Å². The Balaban J connectivity index is 2.44. The summed E-state index contributed by atoms with van der Waals surface area (Å²) < 4.78 is 1.65. The zero-order valence-corrected chi connectivity index (χ0v) is 11.0. The summed E-state index contributed by atoms with van der Waals surface area (Å²) in [6, 6.07) is 1.68. The minimum absolute atomic E-state index is 0.165. The molecular weight excluding hydrogens is 261 g/mol. The van der Waals surface area contributed by atoms with Gasteiger partial charge in [-0.05, 0) is 12.5 Å². The maximum absolute atomic E-state index is 11.7. The standard InChI is InChI=1S/C11H13Cl2N3O/c1-2-3-4-5-16-8-6-7(12)9(13)14-10(8)15-11(16)17/h6H,2-5H2,1H3,(H,14,15,17). The van der Waals surface area contributed by atoms with Crippen LogP contribution in [0.4, 0.5) is 0 Å². The zero-order valence-electron chi connectivity index (χ0n) is 9.46. The number of aromatic amines is 1. The lowest BCUT2D eigenvalue weighted by Gasteiger charge is -2.02. The molecule has 0 atom stereocenters. The van der Waals surface area contributed by atoms with E-state index in [1.54, 1.807) is 10.6 Å². The van der Waals surface area contributed by atoms with Gasteiger partial charge in [0.2, 0.25) is 0 Å². The molecule has 2 rings (SSSR count). The summed E-state index contributed by atoms with van der Waals surface area (Å²) in [7, 11) is 0. The number of H-pyrrole nitrogens is 1. The SMILES string of the molecule is CCCCCn1c(=O)[nH]c2nc(Cl)c(Cl)cc21.